The highest BCUT2D eigenvalue weighted by atomic mass is 33.1. The van der Waals surface area contributed by atoms with E-state index >= 15 is 0 Å². The van der Waals surface area contributed by atoms with Crippen molar-refractivity contribution >= 4 is 45.5 Å². The summed E-state index contributed by atoms with van der Waals surface area (Å²) in [5.41, 5.74) is 0. The molecule has 0 rings (SSSR count). The van der Waals surface area contributed by atoms with Crippen LogP contribution in [0.5, 0.6) is 0 Å². The van der Waals surface area contributed by atoms with E-state index < -0.39 is 47.2 Å². The van der Waals surface area contributed by atoms with Crippen LogP contribution in [0, 0.1) is 0 Å². The van der Waals surface area contributed by atoms with E-state index in [1.807, 2.05) is 0 Å². The lowest BCUT2D eigenvalue weighted by atomic mass is 10.3. The third kappa shape index (κ3) is 7.01. The highest BCUT2D eigenvalue weighted by molar-refractivity contribution is 8.77. The van der Waals surface area contributed by atoms with Gasteiger partial charge in [-0.25, -0.2) is 0 Å². The van der Waals surface area contributed by atoms with Gasteiger partial charge in [0.1, 0.15) is 10.5 Å². The smallest absolute Gasteiger partial charge is 0.318 e. The summed E-state index contributed by atoms with van der Waals surface area (Å²) in [5.74, 6) is -5.45. The second kappa shape index (κ2) is 7.82. The molecule has 0 bridgehead atoms. The standard InChI is InChI=1S/C8H10O8S2/c9-5(10)1-3(7(13)14)17-18-4(8(15)16)2-6(11)12/h3-4H,1-2H2,(H,9,10)(H,11,12)(H,13,14)(H,15,16). The van der Waals surface area contributed by atoms with Gasteiger partial charge in [0.25, 0.3) is 0 Å². The summed E-state index contributed by atoms with van der Waals surface area (Å²) in [6, 6.07) is 0. The van der Waals surface area contributed by atoms with Crippen LogP contribution in [0.15, 0.2) is 0 Å². The lowest BCUT2D eigenvalue weighted by Crippen LogP contribution is -2.23. The summed E-state index contributed by atoms with van der Waals surface area (Å²) >= 11 is 0. The van der Waals surface area contributed by atoms with E-state index in [9.17, 15) is 19.2 Å². The molecule has 18 heavy (non-hydrogen) atoms. The first-order valence-corrected chi connectivity index (χ1v) is 6.73. The van der Waals surface area contributed by atoms with Crippen molar-refractivity contribution in [3.63, 3.8) is 0 Å². The van der Waals surface area contributed by atoms with Gasteiger partial charge in [0.2, 0.25) is 0 Å². The lowest BCUT2D eigenvalue weighted by molar-refractivity contribution is -0.143. The maximum absolute atomic E-state index is 10.7. The normalized spacial score (nSPS) is 13.6. The van der Waals surface area contributed by atoms with Gasteiger partial charge in [-0.05, 0) is 0 Å². The molecule has 0 radical (unpaired) electrons. The second-order valence-corrected chi connectivity index (χ2v) is 5.72. The minimum Gasteiger partial charge on any atom is -0.481 e. The van der Waals surface area contributed by atoms with Gasteiger partial charge in [-0.1, -0.05) is 21.6 Å². The Morgan fingerprint density at radius 1 is 0.722 bits per heavy atom. The Morgan fingerprint density at radius 2 is 1.00 bits per heavy atom. The maximum Gasteiger partial charge on any atom is 0.318 e. The molecular formula is C8H10O8S2. The molecule has 0 spiro atoms. The number of carboxylic acids is 4. The number of rotatable bonds is 9. The first kappa shape index (κ1) is 16.6. The molecule has 0 aromatic carbocycles. The quantitative estimate of drug-likeness (QED) is 0.435. The molecule has 102 valence electrons. The monoisotopic (exact) mass is 298 g/mol. The van der Waals surface area contributed by atoms with Crippen molar-refractivity contribution in [2.45, 2.75) is 23.3 Å². The van der Waals surface area contributed by atoms with Gasteiger partial charge in [-0.2, -0.15) is 0 Å². The number of carboxylic acid groups (broad SMARTS) is 4. The van der Waals surface area contributed by atoms with Crippen molar-refractivity contribution < 1.29 is 39.6 Å². The molecule has 0 aliphatic heterocycles. The van der Waals surface area contributed by atoms with Crippen LogP contribution >= 0.6 is 21.6 Å². The van der Waals surface area contributed by atoms with E-state index in [4.69, 9.17) is 20.4 Å². The largest absolute Gasteiger partial charge is 0.481 e. The summed E-state index contributed by atoms with van der Waals surface area (Å²) in [7, 11) is 1.06. The molecule has 0 fully saturated rings. The minimum absolute atomic E-state index is 0.529. The Labute approximate surface area is 109 Å². The van der Waals surface area contributed by atoms with E-state index in [1.54, 1.807) is 0 Å². The predicted octanol–water partition coefficient (Wildman–Crippen LogP) is 0.224. The molecule has 2 unspecified atom stereocenters. The molecule has 0 aromatic heterocycles. The van der Waals surface area contributed by atoms with E-state index in [0.717, 1.165) is 0 Å². The zero-order valence-corrected chi connectivity index (χ0v) is 10.4. The molecule has 0 saturated carbocycles. The minimum atomic E-state index is -1.39. The Bertz CT molecular complexity index is 321. The molecule has 8 nitrogen and oxygen atoms in total. The van der Waals surface area contributed by atoms with Crippen molar-refractivity contribution in [1.29, 1.82) is 0 Å². The van der Waals surface area contributed by atoms with E-state index in [0.29, 0.717) is 21.6 Å². The van der Waals surface area contributed by atoms with Crippen LogP contribution in [-0.4, -0.2) is 54.8 Å². The molecule has 4 N–H and O–H groups in total. The van der Waals surface area contributed by atoms with Gasteiger partial charge >= 0.3 is 23.9 Å². The second-order valence-electron chi connectivity index (χ2n) is 3.04. The highest BCUT2D eigenvalue weighted by Gasteiger charge is 2.28. The molecule has 0 aliphatic rings. The first-order chi connectivity index (χ1) is 8.23. The predicted molar refractivity (Wildman–Crippen MR) is 62.5 cm³/mol. The van der Waals surface area contributed by atoms with Crippen LogP contribution in [-0.2, 0) is 19.2 Å². The Kier molecular flexibility index (Phi) is 7.20. The zero-order valence-electron chi connectivity index (χ0n) is 8.81. The Hall–Kier alpha value is -1.42. The lowest BCUT2D eigenvalue weighted by Gasteiger charge is -2.12. The van der Waals surface area contributed by atoms with Crippen LogP contribution in [0.25, 0.3) is 0 Å². The number of carbonyl (C=O) groups is 4. The van der Waals surface area contributed by atoms with Crippen LogP contribution in [0.3, 0.4) is 0 Å². The average molecular weight is 298 g/mol. The SMILES string of the molecule is O=C(O)CC(SSC(CC(=O)O)C(=O)O)C(=O)O. The van der Waals surface area contributed by atoms with E-state index in [1.165, 1.54) is 0 Å². The third-order valence-electron chi connectivity index (χ3n) is 1.56. The molecule has 2 atom stereocenters. The summed E-state index contributed by atoms with van der Waals surface area (Å²) in [5, 5.41) is 31.6. The molecule has 0 amide bonds. The average Bonchev–Trinajstić information content (AvgIpc) is 2.20. The Balaban J connectivity index is 4.45. The van der Waals surface area contributed by atoms with E-state index in [2.05, 4.69) is 0 Å². The molecule has 0 aliphatic carbocycles. The van der Waals surface area contributed by atoms with Crippen molar-refractivity contribution in [2.75, 3.05) is 0 Å². The summed E-state index contributed by atoms with van der Waals surface area (Å²) < 4.78 is 0. The molecule has 0 heterocycles. The molecule has 0 aromatic rings. The summed E-state index contributed by atoms with van der Waals surface area (Å²) in [6.07, 6.45) is -1.35. The third-order valence-corrected chi connectivity index (χ3v) is 4.60. The number of aliphatic carboxylic acids is 4. The van der Waals surface area contributed by atoms with Gasteiger partial charge in [0.15, 0.2) is 0 Å². The van der Waals surface area contributed by atoms with Gasteiger partial charge in [0.05, 0.1) is 12.8 Å². The first-order valence-electron chi connectivity index (χ1n) is 4.45. The fourth-order valence-electron chi connectivity index (χ4n) is 0.776. The van der Waals surface area contributed by atoms with Crippen molar-refractivity contribution in [2.24, 2.45) is 0 Å². The fourth-order valence-corrected chi connectivity index (χ4v) is 3.34. The zero-order chi connectivity index (χ0) is 14.3. The number of hydrogen-bond donors (Lipinski definition) is 4. The summed E-state index contributed by atoms with van der Waals surface area (Å²) in [4.78, 5) is 42.1. The van der Waals surface area contributed by atoms with Crippen LogP contribution < -0.4 is 0 Å². The molecular weight excluding hydrogens is 288 g/mol. The highest BCUT2D eigenvalue weighted by Crippen LogP contribution is 2.34. The molecule has 0 saturated heterocycles. The summed E-state index contributed by atoms with van der Waals surface area (Å²) in [6.45, 7) is 0. The van der Waals surface area contributed by atoms with Crippen molar-refractivity contribution in [1.82, 2.24) is 0 Å². The van der Waals surface area contributed by atoms with Crippen molar-refractivity contribution in [3.8, 4) is 0 Å². The van der Waals surface area contributed by atoms with E-state index in [-0.39, 0.29) is 0 Å². The maximum atomic E-state index is 10.7. The van der Waals surface area contributed by atoms with Gasteiger partial charge in [-0.15, -0.1) is 0 Å². The van der Waals surface area contributed by atoms with Gasteiger partial charge < -0.3 is 20.4 Å². The van der Waals surface area contributed by atoms with Gasteiger partial charge in [-0.3, -0.25) is 19.2 Å². The van der Waals surface area contributed by atoms with Crippen LogP contribution in [0.1, 0.15) is 12.8 Å². The van der Waals surface area contributed by atoms with Crippen molar-refractivity contribution in [3.05, 3.63) is 0 Å². The van der Waals surface area contributed by atoms with Gasteiger partial charge in [0, 0.05) is 0 Å². The van der Waals surface area contributed by atoms with Crippen LogP contribution in [0.2, 0.25) is 0 Å². The van der Waals surface area contributed by atoms with Crippen LogP contribution in [0.4, 0.5) is 0 Å². The number of hydrogen-bond acceptors (Lipinski definition) is 6. The Morgan fingerprint density at radius 3 is 1.17 bits per heavy atom. The fraction of sp³-hybridized carbons (Fsp3) is 0.500. The molecule has 10 heteroatoms. The topological polar surface area (TPSA) is 149 Å².